The van der Waals surface area contributed by atoms with Crippen LogP contribution in [0.2, 0.25) is 0 Å². The molecular weight excluding hydrogens is 264 g/mol. The highest BCUT2D eigenvalue weighted by molar-refractivity contribution is 5.46. The summed E-state index contributed by atoms with van der Waals surface area (Å²) in [5.74, 6) is 2.38. The Balaban J connectivity index is 1.84. The van der Waals surface area contributed by atoms with Crippen molar-refractivity contribution in [2.75, 3.05) is 30.3 Å². The topological polar surface area (TPSA) is 59.1 Å². The number of nitrogens with zero attached hydrogens (tertiary/aromatic N) is 2. The molecule has 2 N–H and O–H groups in total. The molecule has 112 valence electrons. The van der Waals surface area contributed by atoms with Gasteiger partial charge >= 0.3 is 0 Å². The molecule has 0 amide bonds. The summed E-state index contributed by atoms with van der Waals surface area (Å²) in [6, 6.07) is 8.04. The van der Waals surface area contributed by atoms with E-state index in [0.717, 1.165) is 23.7 Å². The first-order valence-corrected chi connectivity index (χ1v) is 7.20. The van der Waals surface area contributed by atoms with Crippen molar-refractivity contribution in [3.63, 3.8) is 0 Å². The summed E-state index contributed by atoms with van der Waals surface area (Å²) < 4.78 is 5.70. The highest BCUT2D eigenvalue weighted by Gasteiger charge is 2.02. The van der Waals surface area contributed by atoms with Crippen molar-refractivity contribution in [3.05, 3.63) is 41.6 Å². The monoisotopic (exact) mass is 286 g/mol. The zero-order chi connectivity index (χ0) is 15.1. The third-order valence-corrected chi connectivity index (χ3v) is 2.96. The van der Waals surface area contributed by atoms with Gasteiger partial charge < -0.3 is 15.4 Å². The molecule has 0 saturated heterocycles. The minimum atomic E-state index is 0.587. The van der Waals surface area contributed by atoms with E-state index in [1.165, 1.54) is 5.56 Å². The average molecular weight is 286 g/mol. The number of ether oxygens (including phenoxy) is 1. The van der Waals surface area contributed by atoms with Gasteiger partial charge in [-0.15, -0.1) is 0 Å². The summed E-state index contributed by atoms with van der Waals surface area (Å²) in [6.07, 6.45) is 1.81. The Morgan fingerprint density at radius 2 is 2.05 bits per heavy atom. The normalized spacial score (nSPS) is 10.2. The molecule has 1 aromatic heterocycles. The molecule has 1 aromatic carbocycles. The number of nitrogens with one attached hydrogen (secondary N) is 2. The van der Waals surface area contributed by atoms with Crippen LogP contribution in [0, 0.1) is 13.8 Å². The molecule has 1 heterocycles. The van der Waals surface area contributed by atoms with Crippen LogP contribution >= 0.6 is 0 Å². The minimum absolute atomic E-state index is 0.587. The Morgan fingerprint density at radius 1 is 1.19 bits per heavy atom. The highest BCUT2D eigenvalue weighted by Crippen LogP contribution is 2.13. The van der Waals surface area contributed by atoms with Gasteiger partial charge in [0.05, 0.1) is 6.54 Å². The number of anilines is 2. The van der Waals surface area contributed by atoms with Crippen LogP contribution < -0.4 is 15.4 Å². The summed E-state index contributed by atoms with van der Waals surface area (Å²) in [5.41, 5.74) is 2.22. The van der Waals surface area contributed by atoms with Crippen molar-refractivity contribution >= 4 is 11.8 Å². The maximum atomic E-state index is 5.70. The van der Waals surface area contributed by atoms with Crippen molar-refractivity contribution in [2.24, 2.45) is 0 Å². The van der Waals surface area contributed by atoms with E-state index in [4.69, 9.17) is 4.74 Å². The van der Waals surface area contributed by atoms with Gasteiger partial charge in [-0.1, -0.05) is 12.1 Å². The Hall–Kier alpha value is -2.30. The first-order valence-electron chi connectivity index (χ1n) is 7.20. The molecule has 0 bridgehead atoms. The molecule has 0 aliphatic rings. The van der Waals surface area contributed by atoms with Gasteiger partial charge in [0, 0.05) is 18.3 Å². The quantitative estimate of drug-likeness (QED) is 0.766. The van der Waals surface area contributed by atoms with E-state index in [2.05, 4.69) is 33.6 Å². The number of rotatable bonds is 7. The second kappa shape index (κ2) is 7.47. The van der Waals surface area contributed by atoms with E-state index in [-0.39, 0.29) is 0 Å². The predicted octanol–water partition coefficient (Wildman–Crippen LogP) is 3.02. The molecule has 0 saturated carbocycles. The lowest BCUT2D eigenvalue weighted by atomic mass is 10.2. The van der Waals surface area contributed by atoms with Crippen molar-refractivity contribution in [1.29, 1.82) is 0 Å². The molecule has 2 rings (SSSR count). The fourth-order valence-corrected chi connectivity index (χ4v) is 1.91. The van der Waals surface area contributed by atoms with Gasteiger partial charge in [-0.25, -0.2) is 4.98 Å². The van der Waals surface area contributed by atoms with Gasteiger partial charge in [0.15, 0.2) is 0 Å². The Kier molecular flexibility index (Phi) is 5.37. The zero-order valence-corrected chi connectivity index (χ0v) is 12.8. The lowest BCUT2D eigenvalue weighted by Crippen LogP contribution is -2.14. The standard InChI is InChI=1S/C16H22N4O/c1-4-17-16-19-11-13(3)15(20-16)18-8-9-21-14-7-5-6-12(2)10-14/h5-7,10-11H,4,8-9H2,1-3H3,(H2,17,18,19,20). The van der Waals surface area contributed by atoms with Gasteiger partial charge in [0.25, 0.3) is 0 Å². The van der Waals surface area contributed by atoms with Crippen LogP contribution in [0.3, 0.4) is 0 Å². The molecule has 0 unspecified atom stereocenters. The number of hydrogen-bond donors (Lipinski definition) is 2. The van der Waals surface area contributed by atoms with E-state index >= 15 is 0 Å². The maximum absolute atomic E-state index is 5.70. The van der Waals surface area contributed by atoms with Gasteiger partial charge in [0.2, 0.25) is 5.95 Å². The van der Waals surface area contributed by atoms with Crippen molar-refractivity contribution < 1.29 is 4.74 Å². The fraction of sp³-hybridized carbons (Fsp3) is 0.375. The van der Waals surface area contributed by atoms with Crippen LogP contribution in [-0.2, 0) is 0 Å². The molecule has 5 heteroatoms. The SMILES string of the molecule is CCNc1ncc(C)c(NCCOc2cccc(C)c2)n1. The summed E-state index contributed by atoms with van der Waals surface area (Å²) in [5, 5.41) is 6.38. The molecular formula is C16H22N4O. The minimum Gasteiger partial charge on any atom is -0.492 e. The third-order valence-electron chi connectivity index (χ3n) is 2.96. The average Bonchev–Trinajstić information content (AvgIpc) is 2.47. The van der Waals surface area contributed by atoms with Gasteiger partial charge in [0.1, 0.15) is 18.2 Å². The van der Waals surface area contributed by atoms with Crippen LogP contribution in [-0.4, -0.2) is 29.7 Å². The van der Waals surface area contributed by atoms with E-state index in [9.17, 15) is 0 Å². The Morgan fingerprint density at radius 3 is 2.81 bits per heavy atom. The summed E-state index contributed by atoms with van der Waals surface area (Å²) in [7, 11) is 0. The van der Waals surface area contributed by atoms with E-state index in [1.807, 2.05) is 38.2 Å². The number of benzene rings is 1. The number of aromatic nitrogens is 2. The third kappa shape index (κ3) is 4.63. The first kappa shape index (κ1) is 15.1. The van der Waals surface area contributed by atoms with E-state index < -0.39 is 0 Å². The van der Waals surface area contributed by atoms with Crippen molar-refractivity contribution in [1.82, 2.24) is 9.97 Å². The van der Waals surface area contributed by atoms with Crippen molar-refractivity contribution in [2.45, 2.75) is 20.8 Å². The zero-order valence-electron chi connectivity index (χ0n) is 12.8. The number of hydrogen-bond acceptors (Lipinski definition) is 5. The van der Waals surface area contributed by atoms with Crippen molar-refractivity contribution in [3.8, 4) is 5.75 Å². The van der Waals surface area contributed by atoms with Crippen LogP contribution in [0.15, 0.2) is 30.5 Å². The molecule has 0 atom stereocenters. The van der Waals surface area contributed by atoms with E-state index in [0.29, 0.717) is 19.1 Å². The van der Waals surface area contributed by atoms with Gasteiger partial charge in [-0.3, -0.25) is 0 Å². The highest BCUT2D eigenvalue weighted by atomic mass is 16.5. The van der Waals surface area contributed by atoms with Gasteiger partial charge in [-0.05, 0) is 38.5 Å². The molecule has 0 radical (unpaired) electrons. The molecule has 0 aliphatic carbocycles. The summed E-state index contributed by atoms with van der Waals surface area (Å²) in [6.45, 7) is 8.14. The maximum Gasteiger partial charge on any atom is 0.224 e. The van der Waals surface area contributed by atoms with E-state index in [1.54, 1.807) is 0 Å². The molecule has 0 aliphatic heterocycles. The van der Waals surface area contributed by atoms with Crippen LogP contribution in [0.1, 0.15) is 18.1 Å². The smallest absolute Gasteiger partial charge is 0.224 e. The molecule has 0 spiro atoms. The first-order chi connectivity index (χ1) is 10.2. The molecule has 0 fully saturated rings. The molecule has 2 aromatic rings. The predicted molar refractivity (Wildman–Crippen MR) is 86.1 cm³/mol. The second-order valence-electron chi connectivity index (χ2n) is 4.85. The Labute approximate surface area is 125 Å². The summed E-state index contributed by atoms with van der Waals surface area (Å²) >= 11 is 0. The van der Waals surface area contributed by atoms with Crippen LogP contribution in [0.5, 0.6) is 5.75 Å². The lowest BCUT2D eigenvalue weighted by molar-refractivity contribution is 0.332. The van der Waals surface area contributed by atoms with Crippen LogP contribution in [0.25, 0.3) is 0 Å². The molecule has 5 nitrogen and oxygen atoms in total. The second-order valence-corrected chi connectivity index (χ2v) is 4.85. The Bertz CT molecular complexity index is 586. The fourth-order valence-electron chi connectivity index (χ4n) is 1.91. The van der Waals surface area contributed by atoms with Gasteiger partial charge in [-0.2, -0.15) is 4.98 Å². The number of aryl methyl sites for hydroxylation is 2. The lowest BCUT2D eigenvalue weighted by Gasteiger charge is -2.11. The van der Waals surface area contributed by atoms with Crippen LogP contribution in [0.4, 0.5) is 11.8 Å². The molecule has 21 heavy (non-hydrogen) atoms. The largest absolute Gasteiger partial charge is 0.492 e. The summed E-state index contributed by atoms with van der Waals surface area (Å²) in [4.78, 5) is 8.65.